The van der Waals surface area contributed by atoms with Gasteiger partial charge in [-0.15, -0.1) is 11.3 Å². The third-order valence-corrected chi connectivity index (χ3v) is 4.09. The molecule has 0 saturated heterocycles. The first-order valence-corrected chi connectivity index (χ1v) is 7.03. The normalized spacial score (nSPS) is 19.1. The van der Waals surface area contributed by atoms with E-state index in [-0.39, 0.29) is 24.1 Å². The molecule has 0 bridgehead atoms. The van der Waals surface area contributed by atoms with Crippen molar-refractivity contribution in [2.24, 2.45) is 5.16 Å². The molecule has 0 fully saturated rings. The highest BCUT2D eigenvalue weighted by molar-refractivity contribution is 7.12. The van der Waals surface area contributed by atoms with Gasteiger partial charge in [-0.3, -0.25) is 4.79 Å². The summed E-state index contributed by atoms with van der Waals surface area (Å²) in [4.78, 5) is 29.9. The lowest BCUT2D eigenvalue weighted by molar-refractivity contribution is -0.132. The summed E-state index contributed by atoms with van der Waals surface area (Å²) in [5, 5.41) is 15.0. The third-order valence-electron chi connectivity index (χ3n) is 3.11. The van der Waals surface area contributed by atoms with Crippen LogP contribution in [-0.2, 0) is 14.4 Å². The van der Waals surface area contributed by atoms with Gasteiger partial charge in [0.2, 0.25) is 6.10 Å². The van der Waals surface area contributed by atoms with Crippen molar-refractivity contribution in [1.82, 2.24) is 5.32 Å². The summed E-state index contributed by atoms with van der Waals surface area (Å²) in [5.41, 5.74) is 0.943. The van der Waals surface area contributed by atoms with Crippen LogP contribution in [0.5, 0.6) is 0 Å². The number of nitrogens with zero attached hydrogens (tertiary/aromatic N) is 1. The van der Waals surface area contributed by atoms with Crippen molar-refractivity contribution in [3.63, 3.8) is 0 Å². The van der Waals surface area contributed by atoms with E-state index in [1.165, 1.54) is 4.88 Å². The van der Waals surface area contributed by atoms with Gasteiger partial charge in [-0.1, -0.05) is 5.16 Å². The number of hydrogen-bond donors (Lipinski definition) is 2. The molecule has 6 nitrogen and oxygen atoms in total. The van der Waals surface area contributed by atoms with E-state index in [4.69, 9.17) is 9.94 Å². The molecule has 1 aliphatic rings. The molecule has 2 atom stereocenters. The molecule has 1 aliphatic heterocycles. The van der Waals surface area contributed by atoms with Crippen molar-refractivity contribution < 1.29 is 19.5 Å². The molecule has 1 amide bonds. The van der Waals surface area contributed by atoms with E-state index in [0.717, 1.165) is 10.4 Å². The Morgan fingerprint density at radius 2 is 2.25 bits per heavy atom. The van der Waals surface area contributed by atoms with E-state index < -0.39 is 12.1 Å². The van der Waals surface area contributed by atoms with Crippen molar-refractivity contribution in [3.8, 4) is 0 Å². The minimum atomic E-state index is -1.15. The molecule has 108 valence electrons. The molecule has 1 aromatic rings. The van der Waals surface area contributed by atoms with E-state index in [9.17, 15) is 9.59 Å². The average molecular weight is 296 g/mol. The maximum atomic E-state index is 12.0. The Balaban J connectivity index is 1.96. The maximum absolute atomic E-state index is 12.0. The molecule has 20 heavy (non-hydrogen) atoms. The summed E-state index contributed by atoms with van der Waals surface area (Å²) in [6.07, 6.45) is -0.862. The van der Waals surface area contributed by atoms with E-state index in [1.807, 2.05) is 26.8 Å². The molecule has 2 rings (SSSR count). The molecule has 0 saturated carbocycles. The summed E-state index contributed by atoms with van der Waals surface area (Å²) >= 11 is 1.68. The lowest BCUT2D eigenvalue weighted by Gasteiger charge is -2.16. The third kappa shape index (κ3) is 2.98. The highest BCUT2D eigenvalue weighted by Gasteiger charge is 2.32. The number of carboxylic acid groups (broad SMARTS) is 1. The molecule has 1 aromatic heterocycles. The van der Waals surface area contributed by atoms with Crippen LogP contribution in [-0.4, -0.2) is 28.8 Å². The van der Waals surface area contributed by atoms with Crippen LogP contribution in [0, 0.1) is 13.8 Å². The van der Waals surface area contributed by atoms with Crippen molar-refractivity contribution in [2.75, 3.05) is 0 Å². The van der Waals surface area contributed by atoms with Gasteiger partial charge in [0.25, 0.3) is 5.91 Å². The summed E-state index contributed by atoms with van der Waals surface area (Å²) in [6.45, 7) is 5.91. The van der Waals surface area contributed by atoms with Gasteiger partial charge in [0.15, 0.2) is 5.71 Å². The van der Waals surface area contributed by atoms with Gasteiger partial charge in [0, 0.05) is 16.2 Å². The SMILES string of the molecule is Cc1cc(C(C)NC(=O)C2CC(C(=O)O)=NO2)c(C)s1. The van der Waals surface area contributed by atoms with Gasteiger partial charge < -0.3 is 15.3 Å². The minimum absolute atomic E-state index is 0.00443. The van der Waals surface area contributed by atoms with Crippen molar-refractivity contribution in [2.45, 2.75) is 39.3 Å². The standard InChI is InChI=1S/C13H16N2O4S/c1-6-4-9(8(3)20-6)7(2)14-12(16)11-5-10(13(17)18)15-19-11/h4,7,11H,5H2,1-3H3,(H,14,16)(H,17,18). The zero-order valence-corrected chi connectivity index (χ0v) is 12.3. The smallest absolute Gasteiger partial charge is 0.353 e. The lowest BCUT2D eigenvalue weighted by atomic mass is 10.1. The fourth-order valence-electron chi connectivity index (χ4n) is 2.11. The Morgan fingerprint density at radius 3 is 2.75 bits per heavy atom. The van der Waals surface area contributed by atoms with Crippen LogP contribution < -0.4 is 5.32 Å². The minimum Gasteiger partial charge on any atom is -0.477 e. The zero-order valence-electron chi connectivity index (χ0n) is 11.5. The summed E-state index contributed by atoms with van der Waals surface area (Å²) in [6, 6.07) is 1.89. The summed E-state index contributed by atoms with van der Waals surface area (Å²) in [7, 11) is 0. The largest absolute Gasteiger partial charge is 0.477 e. The van der Waals surface area contributed by atoms with Crippen molar-refractivity contribution in [1.29, 1.82) is 0 Å². The van der Waals surface area contributed by atoms with Crippen LogP contribution in [0.3, 0.4) is 0 Å². The number of carbonyl (C=O) groups is 2. The molecular weight excluding hydrogens is 280 g/mol. The summed E-state index contributed by atoms with van der Waals surface area (Å²) in [5.74, 6) is -1.50. The first kappa shape index (κ1) is 14.5. The second-order valence-electron chi connectivity index (χ2n) is 4.74. The van der Waals surface area contributed by atoms with Gasteiger partial charge >= 0.3 is 5.97 Å². The van der Waals surface area contributed by atoms with Gasteiger partial charge in [0.1, 0.15) is 0 Å². The first-order valence-electron chi connectivity index (χ1n) is 6.21. The van der Waals surface area contributed by atoms with Gasteiger partial charge in [-0.05, 0) is 32.4 Å². The second-order valence-corrected chi connectivity index (χ2v) is 6.20. The number of thiophene rings is 1. The zero-order chi connectivity index (χ0) is 14.9. The average Bonchev–Trinajstić information content (AvgIpc) is 2.95. The monoisotopic (exact) mass is 296 g/mol. The highest BCUT2D eigenvalue weighted by atomic mass is 32.1. The number of oxime groups is 1. The molecule has 0 aromatic carbocycles. The molecule has 0 spiro atoms. The van der Waals surface area contributed by atoms with E-state index in [2.05, 4.69) is 10.5 Å². The predicted octanol–water partition coefficient (Wildman–Crippen LogP) is 1.77. The van der Waals surface area contributed by atoms with Gasteiger partial charge in [-0.2, -0.15) is 0 Å². The van der Waals surface area contributed by atoms with Crippen LogP contribution in [0.2, 0.25) is 0 Å². The molecule has 2 unspecified atom stereocenters. The predicted molar refractivity (Wildman–Crippen MR) is 74.9 cm³/mol. The molecule has 2 N–H and O–H groups in total. The number of nitrogens with one attached hydrogen (secondary N) is 1. The Labute approximate surface area is 120 Å². The van der Waals surface area contributed by atoms with Crippen LogP contribution >= 0.6 is 11.3 Å². The highest BCUT2D eigenvalue weighted by Crippen LogP contribution is 2.26. The van der Waals surface area contributed by atoms with E-state index >= 15 is 0 Å². The fourth-order valence-corrected chi connectivity index (χ4v) is 3.13. The number of aliphatic carboxylic acids is 1. The topological polar surface area (TPSA) is 88.0 Å². The quantitative estimate of drug-likeness (QED) is 0.886. The number of amides is 1. The van der Waals surface area contributed by atoms with Crippen LogP contribution in [0.25, 0.3) is 0 Å². The van der Waals surface area contributed by atoms with E-state index in [0.29, 0.717) is 0 Å². The van der Waals surface area contributed by atoms with E-state index in [1.54, 1.807) is 11.3 Å². The molecule has 0 aliphatic carbocycles. The number of carboxylic acids is 1. The number of hydrogen-bond acceptors (Lipinski definition) is 5. The molecule has 0 radical (unpaired) electrons. The Hall–Kier alpha value is -1.89. The van der Waals surface area contributed by atoms with Crippen LogP contribution in [0.1, 0.15) is 34.7 Å². The molecule has 7 heteroatoms. The van der Waals surface area contributed by atoms with Gasteiger partial charge in [-0.25, -0.2) is 4.79 Å². The van der Waals surface area contributed by atoms with Crippen molar-refractivity contribution >= 4 is 28.9 Å². The number of rotatable bonds is 4. The maximum Gasteiger partial charge on any atom is 0.353 e. The number of aryl methyl sites for hydroxylation is 2. The Morgan fingerprint density at radius 1 is 1.55 bits per heavy atom. The first-order chi connectivity index (χ1) is 9.38. The van der Waals surface area contributed by atoms with Crippen LogP contribution in [0.4, 0.5) is 0 Å². The van der Waals surface area contributed by atoms with Gasteiger partial charge in [0.05, 0.1) is 6.04 Å². The Bertz CT molecular complexity index is 579. The van der Waals surface area contributed by atoms with Crippen molar-refractivity contribution in [3.05, 3.63) is 21.4 Å². The second kappa shape index (κ2) is 5.62. The lowest BCUT2D eigenvalue weighted by Crippen LogP contribution is -2.36. The summed E-state index contributed by atoms with van der Waals surface area (Å²) < 4.78 is 0. The number of carbonyl (C=O) groups excluding carboxylic acids is 1. The molecule has 2 heterocycles. The molecular formula is C13H16N2O4S. The van der Waals surface area contributed by atoms with Crippen LogP contribution in [0.15, 0.2) is 11.2 Å². The fraction of sp³-hybridized carbons (Fsp3) is 0.462. The Kier molecular flexibility index (Phi) is 4.08.